The number of Topliss-reactive ketones (excluding diaryl/α,β-unsaturated/α-hetero) is 1. The molecule has 1 aliphatic rings. The number of nitrogens with zero attached hydrogens (tertiary/aromatic N) is 1. The van der Waals surface area contributed by atoms with Crippen LogP contribution in [-0.2, 0) is 10.2 Å². The molecule has 2 nitrogen and oxygen atoms in total. The molecule has 1 aliphatic carbocycles. The number of carbonyl (C=O) groups excluding carboxylic acids is 1. The van der Waals surface area contributed by atoms with Crippen molar-refractivity contribution in [1.29, 1.82) is 0 Å². The van der Waals surface area contributed by atoms with Gasteiger partial charge in [-0.3, -0.25) is 9.78 Å². The molecule has 1 aromatic rings. The fraction of sp³-hybridized carbons (Fsp3) is 0.500. The monoisotopic (exact) mass is 257 g/mol. The Morgan fingerprint density at radius 1 is 1.31 bits per heavy atom. The van der Waals surface area contributed by atoms with Gasteiger partial charge in [0.05, 0.1) is 15.5 Å². The maximum absolute atomic E-state index is 12.2. The molecule has 1 aromatic heterocycles. The van der Waals surface area contributed by atoms with E-state index in [9.17, 15) is 4.79 Å². The van der Waals surface area contributed by atoms with Crippen molar-refractivity contribution in [2.75, 3.05) is 0 Å². The molecule has 0 saturated heterocycles. The Morgan fingerprint density at radius 3 is 2.19 bits per heavy atom. The van der Waals surface area contributed by atoms with Gasteiger partial charge in [0, 0.05) is 23.9 Å². The summed E-state index contributed by atoms with van der Waals surface area (Å²) in [6, 6.07) is 0. The lowest BCUT2D eigenvalue weighted by Crippen LogP contribution is -2.26. The zero-order chi connectivity index (χ0) is 11.9. The van der Waals surface area contributed by atoms with Crippen LogP contribution >= 0.6 is 23.2 Å². The first-order valence-electron chi connectivity index (χ1n) is 5.33. The molecule has 0 unspecified atom stereocenters. The number of aromatic nitrogens is 1. The molecule has 0 bridgehead atoms. The van der Waals surface area contributed by atoms with Crippen LogP contribution in [0.2, 0.25) is 10.0 Å². The Labute approximate surface area is 105 Å². The maximum Gasteiger partial charge on any atom is 0.146 e. The van der Waals surface area contributed by atoms with Gasteiger partial charge in [0.25, 0.3) is 0 Å². The molecule has 2 rings (SSSR count). The van der Waals surface area contributed by atoms with Crippen molar-refractivity contribution >= 4 is 29.0 Å². The number of hydrogen-bond acceptors (Lipinski definition) is 2. The lowest BCUT2D eigenvalue weighted by molar-refractivity contribution is -0.124. The first-order valence-corrected chi connectivity index (χ1v) is 6.08. The van der Waals surface area contributed by atoms with Crippen molar-refractivity contribution in [3.05, 3.63) is 28.0 Å². The number of pyridine rings is 1. The predicted octanol–water partition coefficient (Wildman–Crippen LogP) is 3.65. The highest BCUT2D eigenvalue weighted by molar-refractivity contribution is 6.36. The number of carbonyl (C=O) groups is 1. The van der Waals surface area contributed by atoms with E-state index in [1.54, 1.807) is 12.4 Å². The zero-order valence-corrected chi connectivity index (χ0v) is 10.8. The van der Waals surface area contributed by atoms with E-state index in [-0.39, 0.29) is 11.7 Å². The second-order valence-corrected chi connectivity index (χ2v) is 5.39. The Kier molecular flexibility index (Phi) is 2.97. The molecular formula is C12H13Cl2NO. The minimum Gasteiger partial charge on any atom is -0.298 e. The Hall–Kier alpha value is -0.600. The van der Waals surface area contributed by atoms with E-state index < -0.39 is 5.41 Å². The van der Waals surface area contributed by atoms with Crippen molar-refractivity contribution < 1.29 is 4.79 Å². The van der Waals surface area contributed by atoms with Gasteiger partial charge >= 0.3 is 0 Å². The van der Waals surface area contributed by atoms with E-state index in [1.165, 1.54) is 0 Å². The molecule has 86 valence electrons. The van der Waals surface area contributed by atoms with Gasteiger partial charge < -0.3 is 0 Å². The molecule has 16 heavy (non-hydrogen) atoms. The lowest BCUT2D eigenvalue weighted by Gasteiger charge is -2.19. The first kappa shape index (κ1) is 11.9. The zero-order valence-electron chi connectivity index (χ0n) is 9.26. The van der Waals surface area contributed by atoms with Gasteiger partial charge in [0.1, 0.15) is 5.78 Å². The van der Waals surface area contributed by atoms with Crippen LogP contribution in [0, 0.1) is 5.92 Å². The summed E-state index contributed by atoms with van der Waals surface area (Å²) in [6.07, 6.45) is 4.79. The molecule has 0 aliphatic heterocycles. The molecule has 1 saturated carbocycles. The third kappa shape index (κ3) is 1.74. The quantitative estimate of drug-likeness (QED) is 0.828. The molecule has 4 heteroatoms. The summed E-state index contributed by atoms with van der Waals surface area (Å²) >= 11 is 12.2. The SMILES string of the molecule is CC(C)C(=O)C1(c2c(Cl)cncc2Cl)CC1. The van der Waals surface area contributed by atoms with Gasteiger partial charge in [-0.15, -0.1) is 0 Å². The third-order valence-corrected chi connectivity index (χ3v) is 3.65. The van der Waals surface area contributed by atoms with Gasteiger partial charge in [-0.25, -0.2) is 0 Å². The Morgan fingerprint density at radius 2 is 1.81 bits per heavy atom. The second-order valence-electron chi connectivity index (χ2n) is 4.58. The summed E-state index contributed by atoms with van der Waals surface area (Å²) in [5.74, 6) is 0.227. The molecule has 1 heterocycles. The standard InChI is InChI=1S/C12H13Cl2NO/c1-7(2)11(16)12(3-4-12)10-8(13)5-15-6-9(10)14/h5-7H,3-4H2,1-2H3. The summed E-state index contributed by atoms with van der Waals surface area (Å²) in [7, 11) is 0. The van der Waals surface area contributed by atoms with Gasteiger partial charge in [-0.05, 0) is 12.8 Å². The van der Waals surface area contributed by atoms with Gasteiger partial charge in [-0.1, -0.05) is 37.0 Å². The third-order valence-electron chi connectivity index (χ3n) is 3.08. The van der Waals surface area contributed by atoms with Crippen LogP contribution in [0.1, 0.15) is 32.3 Å². The number of halogens is 2. The second kappa shape index (κ2) is 4.01. The number of rotatable bonds is 3. The van der Waals surface area contributed by atoms with E-state index in [0.717, 1.165) is 18.4 Å². The van der Waals surface area contributed by atoms with E-state index in [4.69, 9.17) is 23.2 Å². The lowest BCUT2D eigenvalue weighted by atomic mass is 9.86. The summed E-state index contributed by atoms with van der Waals surface area (Å²) in [5, 5.41) is 0.998. The fourth-order valence-corrected chi connectivity index (χ4v) is 2.89. The van der Waals surface area contributed by atoms with Crippen molar-refractivity contribution in [1.82, 2.24) is 4.98 Å². The van der Waals surface area contributed by atoms with E-state index in [0.29, 0.717) is 10.0 Å². The van der Waals surface area contributed by atoms with Crippen LogP contribution in [0.25, 0.3) is 0 Å². The van der Waals surface area contributed by atoms with E-state index in [1.807, 2.05) is 13.8 Å². The Bertz CT molecular complexity index is 418. The van der Waals surface area contributed by atoms with Crippen LogP contribution in [0.3, 0.4) is 0 Å². The molecule has 0 aromatic carbocycles. The van der Waals surface area contributed by atoms with Crippen LogP contribution in [-0.4, -0.2) is 10.8 Å². The molecule has 0 N–H and O–H groups in total. The molecular weight excluding hydrogens is 245 g/mol. The summed E-state index contributed by atoms with van der Waals surface area (Å²) in [4.78, 5) is 16.1. The van der Waals surface area contributed by atoms with Gasteiger partial charge in [0.15, 0.2) is 0 Å². The van der Waals surface area contributed by atoms with Gasteiger partial charge in [-0.2, -0.15) is 0 Å². The van der Waals surface area contributed by atoms with Crippen molar-refractivity contribution in [2.45, 2.75) is 32.1 Å². The normalized spacial score (nSPS) is 17.6. The van der Waals surface area contributed by atoms with Gasteiger partial charge in [0.2, 0.25) is 0 Å². The van der Waals surface area contributed by atoms with Crippen molar-refractivity contribution in [3.8, 4) is 0 Å². The van der Waals surface area contributed by atoms with Crippen LogP contribution in [0.5, 0.6) is 0 Å². The molecule has 0 radical (unpaired) electrons. The van der Waals surface area contributed by atoms with E-state index >= 15 is 0 Å². The minimum absolute atomic E-state index is 0.00259. The largest absolute Gasteiger partial charge is 0.298 e. The molecule has 1 fully saturated rings. The van der Waals surface area contributed by atoms with Crippen LogP contribution in [0.15, 0.2) is 12.4 Å². The number of hydrogen-bond donors (Lipinski definition) is 0. The predicted molar refractivity (Wildman–Crippen MR) is 65.0 cm³/mol. The molecule has 0 amide bonds. The maximum atomic E-state index is 12.2. The molecule has 0 atom stereocenters. The van der Waals surface area contributed by atoms with E-state index in [2.05, 4.69) is 4.98 Å². The number of ketones is 1. The van der Waals surface area contributed by atoms with Crippen molar-refractivity contribution in [2.24, 2.45) is 5.92 Å². The average molecular weight is 258 g/mol. The van der Waals surface area contributed by atoms with Crippen molar-refractivity contribution in [3.63, 3.8) is 0 Å². The average Bonchev–Trinajstić information content (AvgIpc) is 2.97. The van der Waals surface area contributed by atoms with Crippen LogP contribution in [0.4, 0.5) is 0 Å². The minimum atomic E-state index is -0.439. The summed E-state index contributed by atoms with van der Waals surface area (Å²) in [6.45, 7) is 3.82. The fourth-order valence-electron chi connectivity index (χ4n) is 2.17. The smallest absolute Gasteiger partial charge is 0.146 e. The molecule has 0 spiro atoms. The summed E-state index contributed by atoms with van der Waals surface area (Å²) in [5.41, 5.74) is 0.329. The van der Waals surface area contributed by atoms with Crippen LogP contribution < -0.4 is 0 Å². The first-order chi connectivity index (χ1) is 7.49. The highest BCUT2D eigenvalue weighted by Gasteiger charge is 2.53. The Balaban J connectivity index is 2.49. The topological polar surface area (TPSA) is 30.0 Å². The highest BCUT2D eigenvalue weighted by atomic mass is 35.5. The summed E-state index contributed by atoms with van der Waals surface area (Å²) < 4.78 is 0. The highest BCUT2D eigenvalue weighted by Crippen LogP contribution is 2.54.